The minimum Gasteiger partial charge on any atom is -0.446 e. The number of rotatable bonds is 7. The van der Waals surface area contributed by atoms with Gasteiger partial charge in [-0.15, -0.1) is 0 Å². The summed E-state index contributed by atoms with van der Waals surface area (Å²) in [5.41, 5.74) is 6.57. The summed E-state index contributed by atoms with van der Waals surface area (Å²) in [6.45, 7) is 1.23. The van der Waals surface area contributed by atoms with Crippen molar-refractivity contribution in [2.45, 2.75) is 69.4 Å². The molecule has 4 N–H and O–H groups in total. The van der Waals surface area contributed by atoms with Gasteiger partial charge in [0.2, 0.25) is 5.91 Å². The molecule has 2 heterocycles. The molecule has 2 unspecified atom stereocenters. The molecule has 4 rings (SSSR count). The van der Waals surface area contributed by atoms with E-state index in [-0.39, 0.29) is 42.3 Å². The van der Waals surface area contributed by atoms with Crippen molar-refractivity contribution in [1.82, 2.24) is 21.5 Å². The normalized spacial score (nSPS) is 29.8. The number of hydrogen-bond donors (Lipinski definition) is 4. The zero-order chi connectivity index (χ0) is 22.5. The molecule has 1 aliphatic carbocycles. The lowest BCUT2D eigenvalue weighted by Crippen LogP contribution is -2.45. The lowest BCUT2D eigenvalue weighted by Gasteiger charge is -2.18. The highest BCUT2D eigenvalue weighted by Gasteiger charge is 2.37. The largest absolute Gasteiger partial charge is 0.446 e. The molecule has 0 aromatic heterocycles. The maximum atomic E-state index is 13.3. The van der Waals surface area contributed by atoms with Crippen LogP contribution in [0.25, 0.3) is 0 Å². The number of nitrogens with one attached hydrogen (secondary N) is 4. The Morgan fingerprint density at radius 2 is 1.91 bits per heavy atom. The molecule has 5 atom stereocenters. The van der Waals surface area contributed by atoms with Gasteiger partial charge in [-0.05, 0) is 62.1 Å². The zero-order valence-corrected chi connectivity index (χ0v) is 17.9. The lowest BCUT2D eigenvalue weighted by molar-refractivity contribution is -0.121. The number of hydrogen-bond acceptors (Lipinski definition) is 6. The number of hydrazine groups is 1. The Hall–Kier alpha value is -2.30. The predicted octanol–water partition coefficient (Wildman–Crippen LogP) is 1.89. The van der Waals surface area contributed by atoms with Gasteiger partial charge in [0, 0.05) is 25.3 Å². The first-order valence-electron chi connectivity index (χ1n) is 11.3. The Labute approximate surface area is 185 Å². The molecule has 2 saturated heterocycles. The first-order valence-corrected chi connectivity index (χ1v) is 11.3. The van der Waals surface area contributed by atoms with Crippen molar-refractivity contribution in [2.24, 2.45) is 5.92 Å². The number of alkyl carbamates (subject to hydrolysis) is 1. The van der Waals surface area contributed by atoms with E-state index in [1.165, 1.54) is 0 Å². The van der Waals surface area contributed by atoms with Gasteiger partial charge in [0.05, 0.1) is 18.7 Å². The minimum absolute atomic E-state index is 0.0831. The molecule has 10 heteroatoms. The number of ether oxygens (including phenoxy) is 2. The fraction of sp³-hybridized carbons (Fsp3) is 0.636. The number of halogens is 2. The van der Waals surface area contributed by atoms with Crippen LogP contribution in [0.1, 0.15) is 44.1 Å². The smallest absolute Gasteiger partial charge is 0.407 e. The summed E-state index contributed by atoms with van der Waals surface area (Å²) >= 11 is 0. The van der Waals surface area contributed by atoms with Crippen LogP contribution in [0.4, 0.5) is 13.6 Å². The van der Waals surface area contributed by atoms with Crippen LogP contribution in [-0.4, -0.2) is 49.6 Å². The van der Waals surface area contributed by atoms with Crippen molar-refractivity contribution in [1.29, 1.82) is 0 Å². The maximum absolute atomic E-state index is 13.3. The minimum atomic E-state index is -0.702. The molecule has 3 fully saturated rings. The van der Waals surface area contributed by atoms with Gasteiger partial charge >= 0.3 is 6.09 Å². The summed E-state index contributed by atoms with van der Waals surface area (Å²) in [5, 5.41) is 5.62. The molecule has 1 aromatic carbocycles. The Bertz CT molecular complexity index is 801. The molecule has 2 amide bonds. The summed E-state index contributed by atoms with van der Waals surface area (Å²) in [6.07, 6.45) is 4.33. The van der Waals surface area contributed by atoms with Crippen LogP contribution in [0.2, 0.25) is 0 Å². The van der Waals surface area contributed by atoms with Crippen molar-refractivity contribution >= 4 is 12.0 Å². The third kappa shape index (κ3) is 6.36. The van der Waals surface area contributed by atoms with Crippen LogP contribution in [0.15, 0.2) is 18.2 Å². The molecule has 0 spiro atoms. The quantitative estimate of drug-likeness (QED) is 0.504. The van der Waals surface area contributed by atoms with Gasteiger partial charge < -0.3 is 20.1 Å². The Morgan fingerprint density at radius 1 is 1.09 bits per heavy atom. The van der Waals surface area contributed by atoms with Crippen molar-refractivity contribution in [2.75, 3.05) is 13.2 Å². The highest BCUT2D eigenvalue weighted by atomic mass is 19.1. The van der Waals surface area contributed by atoms with Crippen molar-refractivity contribution in [3.63, 3.8) is 0 Å². The second kappa shape index (κ2) is 10.5. The molecular formula is C22H30F2N4O4. The van der Waals surface area contributed by atoms with Gasteiger partial charge in [-0.25, -0.2) is 19.0 Å². The van der Waals surface area contributed by atoms with E-state index >= 15 is 0 Å². The van der Waals surface area contributed by atoms with Crippen LogP contribution < -0.4 is 21.5 Å². The lowest BCUT2D eigenvalue weighted by atomic mass is 9.96. The number of carbonyl (C=O) groups excluding carboxylic acids is 2. The van der Waals surface area contributed by atoms with Crippen LogP contribution in [-0.2, 0) is 20.7 Å². The fourth-order valence-electron chi connectivity index (χ4n) is 4.77. The van der Waals surface area contributed by atoms with E-state index in [0.29, 0.717) is 18.9 Å². The van der Waals surface area contributed by atoms with Crippen molar-refractivity contribution in [3.8, 4) is 0 Å². The molecule has 0 bridgehead atoms. The summed E-state index contributed by atoms with van der Waals surface area (Å²) in [6, 6.07) is 3.22. The molecule has 1 saturated carbocycles. The Balaban J connectivity index is 1.16. The highest BCUT2D eigenvalue weighted by molar-refractivity contribution is 5.78. The van der Waals surface area contributed by atoms with Gasteiger partial charge in [-0.1, -0.05) is 0 Å². The molecule has 2 aliphatic heterocycles. The van der Waals surface area contributed by atoms with E-state index in [4.69, 9.17) is 9.47 Å². The van der Waals surface area contributed by atoms with Crippen LogP contribution in [0.5, 0.6) is 0 Å². The van der Waals surface area contributed by atoms with E-state index in [9.17, 15) is 18.4 Å². The zero-order valence-electron chi connectivity index (χ0n) is 17.9. The van der Waals surface area contributed by atoms with Gasteiger partial charge in [-0.2, -0.15) is 0 Å². The van der Waals surface area contributed by atoms with E-state index in [0.717, 1.165) is 56.9 Å². The topological polar surface area (TPSA) is 101 Å². The van der Waals surface area contributed by atoms with Gasteiger partial charge in [0.25, 0.3) is 0 Å². The first kappa shape index (κ1) is 22.9. The highest BCUT2D eigenvalue weighted by Crippen LogP contribution is 2.33. The van der Waals surface area contributed by atoms with Gasteiger partial charge in [-0.3, -0.25) is 10.2 Å². The molecule has 8 nitrogen and oxygen atoms in total. The third-order valence-corrected chi connectivity index (χ3v) is 6.32. The number of amides is 2. The van der Waals surface area contributed by atoms with E-state index < -0.39 is 17.7 Å². The average Bonchev–Trinajstić information content (AvgIpc) is 3.47. The Morgan fingerprint density at radius 3 is 2.66 bits per heavy atom. The van der Waals surface area contributed by atoms with Crippen LogP contribution in [0.3, 0.4) is 0 Å². The van der Waals surface area contributed by atoms with E-state index in [1.807, 2.05) is 0 Å². The van der Waals surface area contributed by atoms with Crippen molar-refractivity contribution < 1.29 is 27.8 Å². The number of benzene rings is 1. The summed E-state index contributed by atoms with van der Waals surface area (Å²) in [4.78, 5) is 24.3. The first-order chi connectivity index (χ1) is 15.4. The second-order valence-corrected chi connectivity index (χ2v) is 8.82. The average molecular weight is 453 g/mol. The second-order valence-electron chi connectivity index (χ2n) is 8.82. The molecular weight excluding hydrogens is 422 g/mol. The molecule has 3 aliphatic rings. The fourth-order valence-corrected chi connectivity index (χ4v) is 4.77. The molecule has 176 valence electrons. The standard InChI is InChI=1S/C22H30F2N4O4/c23-15-6-13(7-16(24)10-15)8-21(29)26-20-11-19(27-28-20)14-3-4-17(9-14)32-22(30)25-12-18-2-1-5-31-18/h6-7,10,14,17-20,27-28H,1-5,8-9,11-12H2,(H,25,30)(H,26,29)/t14-,17+,18+,19?,20?/m1/s1. The molecule has 0 radical (unpaired) electrons. The van der Waals surface area contributed by atoms with Crippen LogP contribution in [0, 0.1) is 17.6 Å². The van der Waals surface area contributed by atoms with Gasteiger partial charge in [0.15, 0.2) is 0 Å². The summed E-state index contributed by atoms with van der Waals surface area (Å²) in [5.74, 6) is -1.40. The SMILES string of the molecule is O=C(Cc1cc(F)cc(F)c1)NC1CC([C@@H]2CC[C@H](OC(=O)NC[C@@H]3CCCO3)C2)NN1. The molecule has 1 aromatic rings. The monoisotopic (exact) mass is 452 g/mol. The summed E-state index contributed by atoms with van der Waals surface area (Å²) in [7, 11) is 0. The van der Waals surface area contributed by atoms with E-state index in [1.54, 1.807) is 0 Å². The maximum Gasteiger partial charge on any atom is 0.407 e. The van der Waals surface area contributed by atoms with Gasteiger partial charge in [0.1, 0.15) is 17.7 Å². The number of carbonyl (C=O) groups is 2. The van der Waals surface area contributed by atoms with E-state index in [2.05, 4.69) is 21.5 Å². The predicted molar refractivity (Wildman–Crippen MR) is 111 cm³/mol. The van der Waals surface area contributed by atoms with Crippen molar-refractivity contribution in [3.05, 3.63) is 35.4 Å². The summed E-state index contributed by atoms with van der Waals surface area (Å²) < 4.78 is 37.6. The molecule has 32 heavy (non-hydrogen) atoms. The third-order valence-electron chi connectivity index (χ3n) is 6.32. The Kier molecular flexibility index (Phi) is 7.54. The van der Waals surface area contributed by atoms with Crippen LogP contribution >= 0.6 is 0 Å².